The molecule has 0 radical (unpaired) electrons. The standard InChI is InChI=1S/C12H17NO3S/c1-2-17(15,16)12-6-4-3-5-11(12)13-8-7-10(14)9-13/h3-6,10,14H,2,7-9H2,1H3/t10-/m0/s1. The van der Waals surface area contributed by atoms with Gasteiger partial charge in [0.15, 0.2) is 9.84 Å². The molecule has 2 rings (SSSR count). The lowest BCUT2D eigenvalue weighted by Gasteiger charge is -2.21. The van der Waals surface area contributed by atoms with Crippen LogP contribution in [0.3, 0.4) is 0 Å². The first-order valence-corrected chi connectivity index (χ1v) is 7.44. The summed E-state index contributed by atoms with van der Waals surface area (Å²) in [4.78, 5) is 2.31. The van der Waals surface area contributed by atoms with E-state index >= 15 is 0 Å². The van der Waals surface area contributed by atoms with Crippen molar-refractivity contribution in [1.82, 2.24) is 0 Å². The SMILES string of the molecule is CCS(=O)(=O)c1ccccc1N1CC[C@H](O)C1. The Hall–Kier alpha value is -1.07. The van der Waals surface area contributed by atoms with Crippen LogP contribution >= 0.6 is 0 Å². The molecule has 0 aromatic heterocycles. The van der Waals surface area contributed by atoms with Crippen molar-refractivity contribution in [3.8, 4) is 0 Å². The molecule has 94 valence electrons. The third-order valence-corrected chi connectivity index (χ3v) is 4.86. The number of nitrogens with zero attached hydrogens (tertiary/aromatic N) is 1. The lowest BCUT2D eigenvalue weighted by atomic mass is 10.3. The quantitative estimate of drug-likeness (QED) is 0.877. The maximum absolute atomic E-state index is 12.0. The third kappa shape index (κ3) is 2.45. The van der Waals surface area contributed by atoms with Crippen LogP contribution in [0.4, 0.5) is 5.69 Å². The van der Waals surface area contributed by atoms with Gasteiger partial charge in [0.1, 0.15) is 0 Å². The molecule has 1 aliphatic heterocycles. The summed E-state index contributed by atoms with van der Waals surface area (Å²) < 4.78 is 23.9. The Morgan fingerprint density at radius 2 is 2.12 bits per heavy atom. The Kier molecular flexibility index (Phi) is 3.40. The third-order valence-electron chi connectivity index (χ3n) is 3.08. The van der Waals surface area contributed by atoms with Gasteiger partial charge in [0.2, 0.25) is 0 Å². The van der Waals surface area contributed by atoms with Crippen LogP contribution in [0.5, 0.6) is 0 Å². The lowest BCUT2D eigenvalue weighted by Crippen LogP contribution is -2.23. The highest BCUT2D eigenvalue weighted by molar-refractivity contribution is 7.91. The van der Waals surface area contributed by atoms with E-state index in [1.165, 1.54) is 0 Å². The van der Waals surface area contributed by atoms with Gasteiger partial charge in [-0.25, -0.2) is 8.42 Å². The molecule has 0 bridgehead atoms. The zero-order chi connectivity index (χ0) is 12.5. The van der Waals surface area contributed by atoms with Gasteiger partial charge < -0.3 is 10.0 Å². The fourth-order valence-corrected chi connectivity index (χ4v) is 3.21. The highest BCUT2D eigenvalue weighted by Crippen LogP contribution is 2.28. The summed E-state index contributed by atoms with van der Waals surface area (Å²) in [5.41, 5.74) is 0.714. The van der Waals surface area contributed by atoms with Crippen LogP contribution < -0.4 is 4.90 Å². The number of para-hydroxylation sites is 1. The van der Waals surface area contributed by atoms with Gasteiger partial charge in [-0.1, -0.05) is 19.1 Å². The van der Waals surface area contributed by atoms with Crippen LogP contribution in [-0.2, 0) is 9.84 Å². The van der Waals surface area contributed by atoms with Crippen molar-refractivity contribution in [2.75, 3.05) is 23.7 Å². The van der Waals surface area contributed by atoms with Gasteiger partial charge in [-0.3, -0.25) is 0 Å². The second kappa shape index (κ2) is 4.66. The molecule has 0 amide bonds. The molecule has 17 heavy (non-hydrogen) atoms. The summed E-state index contributed by atoms with van der Waals surface area (Å²) in [6.07, 6.45) is 0.341. The highest BCUT2D eigenvalue weighted by Gasteiger charge is 2.25. The molecule has 0 spiro atoms. The molecule has 0 saturated carbocycles. The molecule has 1 aromatic rings. The van der Waals surface area contributed by atoms with E-state index in [1.54, 1.807) is 25.1 Å². The smallest absolute Gasteiger partial charge is 0.180 e. The Morgan fingerprint density at radius 1 is 1.41 bits per heavy atom. The number of hydrogen-bond donors (Lipinski definition) is 1. The van der Waals surface area contributed by atoms with E-state index in [4.69, 9.17) is 0 Å². The minimum atomic E-state index is -3.21. The summed E-state index contributed by atoms with van der Waals surface area (Å²) in [7, 11) is -3.21. The van der Waals surface area contributed by atoms with Crippen LogP contribution in [0.15, 0.2) is 29.2 Å². The van der Waals surface area contributed by atoms with Crippen LogP contribution in [0.1, 0.15) is 13.3 Å². The number of sulfone groups is 1. The molecular formula is C12H17NO3S. The number of aliphatic hydroxyl groups is 1. The van der Waals surface area contributed by atoms with Crippen molar-refractivity contribution in [3.63, 3.8) is 0 Å². The van der Waals surface area contributed by atoms with Gasteiger partial charge in [0.05, 0.1) is 22.4 Å². The summed E-state index contributed by atoms with van der Waals surface area (Å²) in [5.74, 6) is 0.0976. The van der Waals surface area contributed by atoms with Crippen LogP contribution in [-0.4, -0.2) is 38.5 Å². The summed E-state index contributed by atoms with van der Waals surface area (Å²) >= 11 is 0. The first-order chi connectivity index (χ1) is 8.04. The zero-order valence-electron chi connectivity index (χ0n) is 9.83. The number of aliphatic hydroxyl groups excluding tert-OH is 1. The maximum atomic E-state index is 12.0. The fraction of sp³-hybridized carbons (Fsp3) is 0.500. The average molecular weight is 255 g/mol. The molecule has 1 heterocycles. The van der Waals surface area contributed by atoms with Gasteiger partial charge in [0, 0.05) is 13.1 Å². The monoisotopic (exact) mass is 255 g/mol. The summed E-state index contributed by atoms with van der Waals surface area (Å²) in [6, 6.07) is 7.01. The average Bonchev–Trinajstić information content (AvgIpc) is 2.76. The summed E-state index contributed by atoms with van der Waals surface area (Å²) in [5, 5.41) is 9.52. The van der Waals surface area contributed by atoms with Crippen molar-refractivity contribution >= 4 is 15.5 Å². The van der Waals surface area contributed by atoms with Crippen molar-refractivity contribution in [2.24, 2.45) is 0 Å². The largest absolute Gasteiger partial charge is 0.391 e. The number of hydrogen-bond acceptors (Lipinski definition) is 4. The van der Waals surface area contributed by atoms with E-state index in [-0.39, 0.29) is 11.9 Å². The van der Waals surface area contributed by atoms with Crippen LogP contribution in [0.2, 0.25) is 0 Å². The van der Waals surface area contributed by atoms with Crippen molar-refractivity contribution < 1.29 is 13.5 Å². The van der Waals surface area contributed by atoms with E-state index in [2.05, 4.69) is 0 Å². The highest BCUT2D eigenvalue weighted by atomic mass is 32.2. The molecule has 4 nitrogen and oxygen atoms in total. The predicted molar refractivity (Wildman–Crippen MR) is 67.0 cm³/mol. The molecule has 1 aliphatic rings. The number of anilines is 1. The van der Waals surface area contributed by atoms with E-state index in [0.717, 1.165) is 0 Å². The first-order valence-electron chi connectivity index (χ1n) is 5.79. The van der Waals surface area contributed by atoms with Gasteiger partial charge in [-0.2, -0.15) is 0 Å². The molecule has 1 atom stereocenters. The molecule has 5 heteroatoms. The van der Waals surface area contributed by atoms with Gasteiger partial charge in [0.25, 0.3) is 0 Å². The first kappa shape index (κ1) is 12.4. The lowest BCUT2D eigenvalue weighted by molar-refractivity contribution is 0.198. The minimum Gasteiger partial charge on any atom is -0.391 e. The Balaban J connectivity index is 2.41. The van der Waals surface area contributed by atoms with E-state index < -0.39 is 9.84 Å². The molecule has 0 unspecified atom stereocenters. The predicted octanol–water partition coefficient (Wildman–Crippen LogP) is 1.05. The van der Waals surface area contributed by atoms with Crippen LogP contribution in [0, 0.1) is 0 Å². The molecule has 0 aliphatic carbocycles. The molecular weight excluding hydrogens is 238 g/mol. The van der Waals surface area contributed by atoms with Crippen molar-refractivity contribution in [1.29, 1.82) is 0 Å². The zero-order valence-corrected chi connectivity index (χ0v) is 10.7. The second-order valence-corrected chi connectivity index (χ2v) is 6.51. The van der Waals surface area contributed by atoms with Crippen molar-refractivity contribution in [3.05, 3.63) is 24.3 Å². The Bertz CT molecular complexity index is 498. The van der Waals surface area contributed by atoms with Gasteiger partial charge in [-0.05, 0) is 18.6 Å². The second-order valence-electron chi connectivity index (χ2n) is 4.26. The van der Waals surface area contributed by atoms with Crippen molar-refractivity contribution in [2.45, 2.75) is 24.3 Å². The van der Waals surface area contributed by atoms with Crippen LogP contribution in [0.25, 0.3) is 0 Å². The maximum Gasteiger partial charge on any atom is 0.180 e. The van der Waals surface area contributed by atoms with E-state index in [9.17, 15) is 13.5 Å². The van der Waals surface area contributed by atoms with Gasteiger partial charge in [-0.15, -0.1) is 0 Å². The summed E-state index contributed by atoms with van der Waals surface area (Å²) in [6.45, 7) is 2.86. The fourth-order valence-electron chi connectivity index (χ4n) is 2.10. The molecule has 1 aromatic carbocycles. The van der Waals surface area contributed by atoms with E-state index in [1.807, 2.05) is 11.0 Å². The Morgan fingerprint density at radius 3 is 2.71 bits per heavy atom. The normalized spacial score (nSPS) is 20.8. The minimum absolute atomic E-state index is 0.0976. The molecule has 1 saturated heterocycles. The topological polar surface area (TPSA) is 57.6 Å². The number of β-amino-alcohol motifs (C(OH)–C–C–N with tert-alkyl or cyclic N) is 1. The van der Waals surface area contributed by atoms with Gasteiger partial charge >= 0.3 is 0 Å². The molecule has 1 fully saturated rings. The Labute approximate surface area is 102 Å². The number of rotatable bonds is 3. The molecule has 1 N–H and O–H groups in total. The van der Waals surface area contributed by atoms with E-state index in [0.29, 0.717) is 30.1 Å². The number of benzene rings is 1.